The number of methoxy groups -OCH3 is 1. The molecule has 3 aromatic rings. The third-order valence-electron chi connectivity index (χ3n) is 5.20. The summed E-state index contributed by atoms with van der Waals surface area (Å²) >= 11 is 0. The van der Waals surface area contributed by atoms with Gasteiger partial charge in [-0.2, -0.15) is 0 Å². The quantitative estimate of drug-likeness (QED) is 0.573. The van der Waals surface area contributed by atoms with E-state index in [1.54, 1.807) is 24.3 Å². The second-order valence-corrected chi connectivity index (χ2v) is 7.41. The molecule has 1 aliphatic heterocycles. The fraction of sp³-hybridized carbons (Fsp3) is 0.120. The van der Waals surface area contributed by atoms with E-state index in [1.165, 1.54) is 13.2 Å². The van der Waals surface area contributed by atoms with E-state index in [-0.39, 0.29) is 23.5 Å². The highest BCUT2D eigenvalue weighted by molar-refractivity contribution is 6.36. The number of halogens is 2. The Morgan fingerprint density at radius 2 is 1.56 bits per heavy atom. The zero-order valence-electron chi connectivity index (χ0n) is 17.5. The van der Waals surface area contributed by atoms with Gasteiger partial charge in [0.1, 0.15) is 11.4 Å². The molecule has 4 rings (SSSR count). The van der Waals surface area contributed by atoms with Crippen LogP contribution in [0.2, 0.25) is 0 Å². The van der Waals surface area contributed by atoms with E-state index in [2.05, 4.69) is 5.32 Å². The molecule has 0 aliphatic carbocycles. The van der Waals surface area contributed by atoms with Crippen molar-refractivity contribution >= 4 is 23.1 Å². The smallest absolute Gasteiger partial charge is 0.278 e. The van der Waals surface area contributed by atoms with Gasteiger partial charge in [-0.05, 0) is 42.3 Å². The number of hydrogen-bond acceptors (Lipinski definition) is 4. The van der Waals surface area contributed by atoms with E-state index in [0.717, 1.165) is 28.2 Å². The molecule has 0 radical (unpaired) electrons. The molecular formula is C25H20F2N2O3. The molecule has 0 spiro atoms. The minimum Gasteiger partial charge on any atom is -0.497 e. The standard InChI is InChI=1S/C25H20F2N2O3/c1-15-3-5-16(6-4-15)14-29-24(30)22(17-7-10-19(32-2)11-8-17)23(25(29)31)28-18-9-12-20(26)21(27)13-18/h3-13,28H,14H2,1-2H3. The fourth-order valence-corrected chi connectivity index (χ4v) is 3.46. The van der Waals surface area contributed by atoms with Gasteiger partial charge in [0.15, 0.2) is 11.6 Å². The summed E-state index contributed by atoms with van der Waals surface area (Å²) in [6.07, 6.45) is 0. The van der Waals surface area contributed by atoms with Crippen LogP contribution in [0.3, 0.4) is 0 Å². The van der Waals surface area contributed by atoms with Crippen molar-refractivity contribution in [3.05, 3.63) is 101 Å². The molecule has 0 atom stereocenters. The van der Waals surface area contributed by atoms with E-state index in [0.29, 0.717) is 11.3 Å². The summed E-state index contributed by atoms with van der Waals surface area (Å²) in [6, 6.07) is 17.4. The summed E-state index contributed by atoms with van der Waals surface area (Å²) in [7, 11) is 1.53. The first-order valence-corrected chi connectivity index (χ1v) is 9.90. The summed E-state index contributed by atoms with van der Waals surface area (Å²) in [4.78, 5) is 27.7. The monoisotopic (exact) mass is 434 g/mol. The van der Waals surface area contributed by atoms with Crippen molar-refractivity contribution in [3.8, 4) is 5.75 Å². The molecule has 5 nitrogen and oxygen atoms in total. The number of anilines is 1. The summed E-state index contributed by atoms with van der Waals surface area (Å²) < 4.78 is 32.2. The van der Waals surface area contributed by atoms with E-state index in [4.69, 9.17) is 4.74 Å². The molecule has 1 N–H and O–H groups in total. The van der Waals surface area contributed by atoms with Crippen LogP contribution in [-0.2, 0) is 16.1 Å². The number of imide groups is 1. The Bertz CT molecular complexity index is 1220. The highest BCUT2D eigenvalue weighted by atomic mass is 19.2. The third kappa shape index (κ3) is 4.09. The van der Waals surface area contributed by atoms with Crippen molar-refractivity contribution in [1.29, 1.82) is 0 Å². The first kappa shape index (κ1) is 21.2. The van der Waals surface area contributed by atoms with Gasteiger partial charge in [0.25, 0.3) is 11.8 Å². The van der Waals surface area contributed by atoms with Crippen molar-refractivity contribution in [2.75, 3.05) is 12.4 Å². The molecule has 3 aromatic carbocycles. The first-order chi connectivity index (χ1) is 15.4. The van der Waals surface area contributed by atoms with Crippen LogP contribution in [0.1, 0.15) is 16.7 Å². The average Bonchev–Trinajstić information content (AvgIpc) is 3.02. The number of amides is 2. The van der Waals surface area contributed by atoms with Gasteiger partial charge >= 0.3 is 0 Å². The van der Waals surface area contributed by atoms with Gasteiger partial charge in [-0.1, -0.05) is 42.0 Å². The molecule has 0 saturated carbocycles. The molecule has 0 aromatic heterocycles. The molecule has 0 unspecified atom stereocenters. The summed E-state index contributed by atoms with van der Waals surface area (Å²) in [5.74, 6) is -2.50. The molecule has 7 heteroatoms. The highest BCUT2D eigenvalue weighted by Crippen LogP contribution is 2.32. The van der Waals surface area contributed by atoms with Crippen LogP contribution in [0, 0.1) is 18.6 Å². The van der Waals surface area contributed by atoms with Gasteiger partial charge in [-0.3, -0.25) is 14.5 Å². The number of carbonyl (C=O) groups excluding carboxylic acids is 2. The van der Waals surface area contributed by atoms with Crippen LogP contribution in [0.5, 0.6) is 5.75 Å². The van der Waals surface area contributed by atoms with E-state index >= 15 is 0 Å². The van der Waals surface area contributed by atoms with Crippen molar-refractivity contribution in [2.24, 2.45) is 0 Å². The van der Waals surface area contributed by atoms with Gasteiger partial charge < -0.3 is 10.1 Å². The lowest BCUT2D eigenvalue weighted by Crippen LogP contribution is -2.32. The molecule has 0 fully saturated rings. The third-order valence-corrected chi connectivity index (χ3v) is 5.20. The number of aryl methyl sites for hydroxylation is 1. The lowest BCUT2D eigenvalue weighted by molar-refractivity contribution is -0.137. The van der Waals surface area contributed by atoms with E-state index < -0.39 is 23.4 Å². The summed E-state index contributed by atoms with van der Waals surface area (Å²) in [6.45, 7) is 2.03. The first-order valence-electron chi connectivity index (χ1n) is 9.90. The summed E-state index contributed by atoms with van der Waals surface area (Å²) in [5, 5.41) is 2.82. The minimum absolute atomic E-state index is 0.00159. The molecule has 32 heavy (non-hydrogen) atoms. The molecule has 1 aliphatic rings. The number of benzene rings is 3. The molecular weight excluding hydrogens is 414 g/mol. The van der Waals surface area contributed by atoms with Crippen LogP contribution in [0.25, 0.3) is 5.57 Å². The van der Waals surface area contributed by atoms with Crippen LogP contribution in [-0.4, -0.2) is 23.8 Å². The minimum atomic E-state index is -1.06. The van der Waals surface area contributed by atoms with Crippen molar-refractivity contribution in [1.82, 2.24) is 4.90 Å². The number of hydrogen-bond donors (Lipinski definition) is 1. The topological polar surface area (TPSA) is 58.6 Å². The van der Waals surface area contributed by atoms with Crippen LogP contribution in [0.15, 0.2) is 72.4 Å². The number of carbonyl (C=O) groups is 2. The Morgan fingerprint density at radius 3 is 2.19 bits per heavy atom. The Hall–Kier alpha value is -4.00. The second-order valence-electron chi connectivity index (χ2n) is 7.41. The number of nitrogens with zero attached hydrogens (tertiary/aromatic N) is 1. The molecule has 0 saturated heterocycles. The van der Waals surface area contributed by atoms with E-state index in [9.17, 15) is 18.4 Å². The molecule has 2 amide bonds. The zero-order valence-corrected chi connectivity index (χ0v) is 17.5. The van der Waals surface area contributed by atoms with Crippen molar-refractivity contribution in [2.45, 2.75) is 13.5 Å². The number of rotatable bonds is 6. The number of ether oxygens (including phenoxy) is 1. The lowest BCUT2D eigenvalue weighted by atomic mass is 10.0. The highest BCUT2D eigenvalue weighted by Gasteiger charge is 2.39. The van der Waals surface area contributed by atoms with Crippen LogP contribution < -0.4 is 10.1 Å². The molecule has 1 heterocycles. The Morgan fingerprint density at radius 1 is 0.875 bits per heavy atom. The fourth-order valence-electron chi connectivity index (χ4n) is 3.46. The van der Waals surface area contributed by atoms with Gasteiger partial charge in [0, 0.05) is 11.8 Å². The largest absolute Gasteiger partial charge is 0.497 e. The van der Waals surface area contributed by atoms with E-state index in [1.807, 2.05) is 31.2 Å². The van der Waals surface area contributed by atoms with Crippen molar-refractivity contribution in [3.63, 3.8) is 0 Å². The van der Waals surface area contributed by atoms with Crippen LogP contribution >= 0.6 is 0 Å². The predicted molar refractivity (Wildman–Crippen MR) is 117 cm³/mol. The van der Waals surface area contributed by atoms with Crippen LogP contribution in [0.4, 0.5) is 14.5 Å². The Balaban J connectivity index is 1.73. The predicted octanol–water partition coefficient (Wildman–Crippen LogP) is 4.67. The number of nitrogens with one attached hydrogen (secondary N) is 1. The average molecular weight is 434 g/mol. The van der Waals surface area contributed by atoms with Gasteiger partial charge in [0.05, 0.1) is 19.2 Å². The Kier molecular flexibility index (Phi) is 5.73. The SMILES string of the molecule is COc1ccc(C2=C(Nc3ccc(F)c(F)c3)C(=O)N(Cc3ccc(C)cc3)C2=O)cc1. The summed E-state index contributed by atoms with van der Waals surface area (Å²) in [5.41, 5.74) is 2.66. The molecule has 162 valence electrons. The van der Waals surface area contributed by atoms with Gasteiger partial charge in [-0.25, -0.2) is 8.78 Å². The maximum Gasteiger partial charge on any atom is 0.278 e. The van der Waals surface area contributed by atoms with Crippen molar-refractivity contribution < 1.29 is 23.1 Å². The Labute approximate surface area is 183 Å². The maximum atomic E-state index is 13.7. The second kappa shape index (κ2) is 8.63. The maximum absolute atomic E-state index is 13.7. The lowest BCUT2D eigenvalue weighted by Gasteiger charge is -2.15. The molecule has 0 bridgehead atoms. The van der Waals surface area contributed by atoms with Gasteiger partial charge in [-0.15, -0.1) is 0 Å². The van der Waals surface area contributed by atoms with Gasteiger partial charge in [0.2, 0.25) is 0 Å². The normalized spacial score (nSPS) is 13.7. The zero-order chi connectivity index (χ0) is 22.8.